The zero-order valence-corrected chi connectivity index (χ0v) is 31.9. The van der Waals surface area contributed by atoms with Gasteiger partial charge < -0.3 is 0 Å². The van der Waals surface area contributed by atoms with E-state index in [0.29, 0.717) is 0 Å². The molecule has 0 radical (unpaired) electrons. The minimum absolute atomic E-state index is 1.21. The molecule has 0 saturated heterocycles. The molecule has 0 aliphatic carbocycles. The van der Waals surface area contributed by atoms with Crippen LogP contribution in [0.15, 0.2) is 24.3 Å². The van der Waals surface area contributed by atoms with Gasteiger partial charge in [-0.05, 0) is 75.7 Å². The molecule has 0 nitrogen and oxygen atoms in total. The van der Waals surface area contributed by atoms with E-state index in [1.807, 2.05) is 22.8 Å². The Kier molecular flexibility index (Phi) is 36.7. The highest BCUT2D eigenvalue weighted by Crippen LogP contribution is 2.73. The van der Waals surface area contributed by atoms with Crippen LogP contribution in [0.2, 0.25) is 0 Å². The van der Waals surface area contributed by atoms with Crippen molar-refractivity contribution in [3.05, 3.63) is 24.3 Å². The van der Waals surface area contributed by atoms with E-state index in [1.165, 1.54) is 191 Å². The van der Waals surface area contributed by atoms with Crippen LogP contribution in [0.4, 0.5) is 0 Å². The highest BCUT2D eigenvalue weighted by atomic mass is 33.5. The van der Waals surface area contributed by atoms with Gasteiger partial charge in [0.05, 0.1) is 0 Å². The van der Waals surface area contributed by atoms with Gasteiger partial charge in [0.15, 0.2) is 0 Å². The summed E-state index contributed by atoms with van der Waals surface area (Å²) in [6.07, 6.45) is 48.2. The summed E-state index contributed by atoms with van der Waals surface area (Å²) in [6, 6.07) is 0. The van der Waals surface area contributed by atoms with Gasteiger partial charge in [-0.15, -0.1) is 35.0 Å². The normalized spacial score (nSPS) is 12.4. The third kappa shape index (κ3) is 37.3. The molecule has 0 unspecified atom stereocenters. The first-order chi connectivity index (χ1) is 20.1. The summed E-state index contributed by atoms with van der Waals surface area (Å²) in [7, 11) is 0. The third-order valence-corrected chi connectivity index (χ3v) is 18.3. The molecule has 0 atom stereocenters. The van der Waals surface area contributed by atoms with E-state index in [9.17, 15) is 0 Å². The summed E-state index contributed by atoms with van der Waals surface area (Å²) in [5, 5.41) is 0. The van der Waals surface area contributed by atoms with Gasteiger partial charge in [0.1, 0.15) is 3.64 Å². The third-order valence-electron chi connectivity index (χ3n) is 7.82. The summed E-state index contributed by atoms with van der Waals surface area (Å²) in [6.45, 7) is 4.58. The lowest BCUT2D eigenvalue weighted by Gasteiger charge is -2.14. The van der Waals surface area contributed by atoms with E-state index in [-0.39, 0.29) is 0 Å². The van der Waals surface area contributed by atoms with Crippen LogP contribution in [0.3, 0.4) is 0 Å². The Morgan fingerprint density at radius 1 is 0.415 bits per heavy atom. The van der Waals surface area contributed by atoms with Crippen LogP contribution in [-0.4, -0.2) is 11.5 Å². The molecule has 0 aromatic rings. The number of hydrogen-bond donors (Lipinski definition) is 1. The van der Waals surface area contributed by atoms with Gasteiger partial charge in [-0.1, -0.05) is 166 Å². The van der Waals surface area contributed by atoms with Crippen LogP contribution in [0.1, 0.15) is 194 Å². The van der Waals surface area contributed by atoms with Crippen molar-refractivity contribution in [2.75, 3.05) is 11.5 Å². The standard InChI is InChI=1S/C36H71PS4/c1-3-5-7-9-11-13-15-17-19-21-23-25-27-29-31-33-35-40-37(38,39)41-36-34-32-30-28-26-24-22-20-18-16-14-12-10-8-6-4-2/h17-20H,3-16,21-36H2,1-2H3,(H,38,39)/b19-17-,20-18-. The van der Waals surface area contributed by atoms with Crippen LogP contribution in [0.25, 0.3) is 0 Å². The number of allylic oxidation sites excluding steroid dienone is 4. The van der Waals surface area contributed by atoms with Crippen molar-refractivity contribution >= 4 is 50.5 Å². The topological polar surface area (TPSA) is 0 Å². The van der Waals surface area contributed by atoms with Crippen LogP contribution in [-0.2, 0) is 11.8 Å². The Labute approximate surface area is 278 Å². The molecule has 0 amide bonds. The molecule has 0 spiro atoms. The molecule has 0 bridgehead atoms. The van der Waals surface area contributed by atoms with E-state index in [0.717, 1.165) is 0 Å². The molecule has 0 saturated carbocycles. The molecule has 244 valence electrons. The lowest BCUT2D eigenvalue weighted by atomic mass is 10.1. The fourth-order valence-corrected chi connectivity index (χ4v) is 13.5. The van der Waals surface area contributed by atoms with Crippen molar-refractivity contribution in [1.29, 1.82) is 0 Å². The summed E-state index contributed by atoms with van der Waals surface area (Å²) < 4.78 is -1.53. The Morgan fingerprint density at radius 2 is 0.659 bits per heavy atom. The average molecular weight is 663 g/mol. The van der Waals surface area contributed by atoms with Crippen LogP contribution in [0, 0.1) is 0 Å². The fraction of sp³-hybridized carbons (Fsp3) is 0.889. The molecule has 41 heavy (non-hydrogen) atoms. The lowest BCUT2D eigenvalue weighted by molar-refractivity contribution is 0.607. The van der Waals surface area contributed by atoms with Gasteiger partial charge in [0.25, 0.3) is 0 Å². The van der Waals surface area contributed by atoms with Crippen LogP contribution >= 0.6 is 38.7 Å². The summed E-state index contributed by atoms with van der Waals surface area (Å²) in [5.74, 6) is 2.42. The summed E-state index contributed by atoms with van der Waals surface area (Å²) in [4.78, 5) is 0. The van der Waals surface area contributed by atoms with Gasteiger partial charge in [-0.3, -0.25) is 0 Å². The molecule has 0 rings (SSSR count). The van der Waals surface area contributed by atoms with Gasteiger partial charge >= 0.3 is 0 Å². The zero-order valence-electron chi connectivity index (χ0n) is 27.6. The Bertz CT molecular complexity index is 556. The second-order valence-electron chi connectivity index (χ2n) is 12.0. The summed E-state index contributed by atoms with van der Waals surface area (Å²) in [5.41, 5.74) is 0. The lowest BCUT2D eigenvalue weighted by Crippen LogP contribution is -1.84. The predicted molar refractivity (Wildman–Crippen MR) is 207 cm³/mol. The first-order valence-corrected chi connectivity index (χ1v) is 25.2. The number of thiol groups is 1. The molecule has 0 fully saturated rings. The van der Waals surface area contributed by atoms with Gasteiger partial charge in [0.2, 0.25) is 0 Å². The molecule has 0 aliphatic rings. The molecule has 0 N–H and O–H groups in total. The highest BCUT2D eigenvalue weighted by Gasteiger charge is 2.12. The first-order valence-electron chi connectivity index (χ1n) is 18.0. The van der Waals surface area contributed by atoms with Gasteiger partial charge in [-0.25, -0.2) is 0 Å². The van der Waals surface area contributed by atoms with E-state index in [1.54, 1.807) is 0 Å². The first kappa shape index (κ1) is 42.2. The fourth-order valence-electron chi connectivity index (χ4n) is 5.10. The molecule has 0 aromatic carbocycles. The van der Waals surface area contributed by atoms with Gasteiger partial charge in [-0.2, -0.15) is 0 Å². The quantitative estimate of drug-likeness (QED) is 0.0315. The van der Waals surface area contributed by atoms with Crippen molar-refractivity contribution in [2.45, 2.75) is 194 Å². The molecule has 5 heteroatoms. The maximum Gasteiger partial charge on any atom is 0.106 e. The smallest absolute Gasteiger partial charge is 0.106 e. The molecular formula is C36H71PS4. The van der Waals surface area contributed by atoms with Crippen molar-refractivity contribution in [3.8, 4) is 0 Å². The van der Waals surface area contributed by atoms with E-state index >= 15 is 0 Å². The van der Waals surface area contributed by atoms with Crippen molar-refractivity contribution in [3.63, 3.8) is 0 Å². The second-order valence-corrected chi connectivity index (χ2v) is 27.1. The summed E-state index contributed by atoms with van der Waals surface area (Å²) >= 11 is 14.7. The van der Waals surface area contributed by atoms with E-state index in [4.69, 9.17) is 24.1 Å². The maximum absolute atomic E-state index is 5.85. The minimum Gasteiger partial charge on any atom is -0.122 e. The number of rotatable bonds is 34. The van der Waals surface area contributed by atoms with Crippen LogP contribution < -0.4 is 0 Å². The Hall–Kier alpha value is 1.18. The Balaban J connectivity index is 3.35. The largest absolute Gasteiger partial charge is 0.122 e. The number of hydrogen-bond acceptors (Lipinski definition) is 3. The zero-order chi connectivity index (χ0) is 30.0. The van der Waals surface area contributed by atoms with E-state index < -0.39 is 3.64 Å². The predicted octanol–water partition coefficient (Wildman–Crippen LogP) is 15.7. The monoisotopic (exact) mass is 662 g/mol. The van der Waals surface area contributed by atoms with Gasteiger partial charge in [0, 0.05) is 0 Å². The Morgan fingerprint density at radius 3 is 0.951 bits per heavy atom. The highest BCUT2D eigenvalue weighted by molar-refractivity contribution is 9.20. The van der Waals surface area contributed by atoms with Crippen LogP contribution in [0.5, 0.6) is 0 Å². The van der Waals surface area contributed by atoms with Crippen molar-refractivity contribution < 1.29 is 0 Å². The molecule has 0 aliphatic heterocycles. The number of unbranched alkanes of at least 4 members (excludes halogenated alkanes) is 24. The SMILES string of the molecule is CCCCCCCC/C=C\CCCCCCCCSP(=S)(S)SCCCCCCCC/C=C\CCCCCCCC. The molecule has 0 heterocycles. The molecule has 0 aromatic heterocycles. The van der Waals surface area contributed by atoms with E-state index in [2.05, 4.69) is 38.2 Å². The van der Waals surface area contributed by atoms with Crippen molar-refractivity contribution in [1.82, 2.24) is 0 Å². The second kappa shape index (κ2) is 35.7. The maximum atomic E-state index is 5.85. The minimum atomic E-state index is -1.53. The molecular weight excluding hydrogens is 592 g/mol. The van der Waals surface area contributed by atoms with Crippen molar-refractivity contribution in [2.24, 2.45) is 0 Å². The average Bonchev–Trinajstić information content (AvgIpc) is 2.96.